The highest BCUT2D eigenvalue weighted by atomic mass is 19.4. The number of hydrogen-bond donors (Lipinski definition) is 0. The van der Waals surface area contributed by atoms with Gasteiger partial charge in [-0.05, 0) is 105 Å². The van der Waals surface area contributed by atoms with Crippen LogP contribution in [0, 0.1) is 23.6 Å². The first kappa shape index (κ1) is 23.1. The minimum Gasteiger partial charge on any atom is -0.206 e. The molecule has 4 heteroatoms. The number of hydrogen-bond acceptors (Lipinski definition) is 0. The summed E-state index contributed by atoms with van der Waals surface area (Å²) in [4.78, 5) is 0. The molecule has 4 atom stereocenters. The van der Waals surface area contributed by atoms with Gasteiger partial charge in [0, 0.05) is 5.56 Å². The average Bonchev–Trinajstić information content (AvgIpc) is 2.78. The average molecular weight is 445 g/mol. The summed E-state index contributed by atoms with van der Waals surface area (Å²) in [5.41, 5.74) is 1.15. The number of allylic oxidation sites excluding steroid dienone is 2. The summed E-state index contributed by atoms with van der Waals surface area (Å²) in [6.07, 6.45) is 9.90. The van der Waals surface area contributed by atoms with Crippen LogP contribution in [-0.4, -0.2) is 0 Å². The largest absolute Gasteiger partial charge is 0.416 e. The van der Waals surface area contributed by atoms with Crippen molar-refractivity contribution < 1.29 is 17.6 Å². The van der Waals surface area contributed by atoms with E-state index in [0.717, 1.165) is 48.3 Å². The SMILES string of the molecule is C/C=C/CCC1CCC2CC(c3ccc(-c4ccc(C(F)(F)F)cc4)c(F)c3)CCC2C1. The first-order valence-corrected chi connectivity index (χ1v) is 11.9. The van der Waals surface area contributed by atoms with Gasteiger partial charge in [-0.15, -0.1) is 0 Å². The molecule has 2 aliphatic rings. The van der Waals surface area contributed by atoms with Gasteiger partial charge in [0.15, 0.2) is 0 Å². The third-order valence-corrected chi connectivity index (χ3v) is 7.69. The maximum atomic E-state index is 14.9. The predicted molar refractivity (Wildman–Crippen MR) is 122 cm³/mol. The Balaban J connectivity index is 1.40. The molecule has 0 bridgehead atoms. The van der Waals surface area contributed by atoms with Crippen LogP contribution in [0.2, 0.25) is 0 Å². The topological polar surface area (TPSA) is 0 Å². The van der Waals surface area contributed by atoms with Crippen molar-refractivity contribution in [3.05, 3.63) is 71.6 Å². The lowest BCUT2D eigenvalue weighted by Gasteiger charge is -2.42. The van der Waals surface area contributed by atoms with Crippen molar-refractivity contribution in [3.8, 4) is 11.1 Å². The van der Waals surface area contributed by atoms with E-state index < -0.39 is 11.7 Å². The number of rotatable bonds is 5. The Morgan fingerprint density at radius 1 is 0.906 bits per heavy atom. The third kappa shape index (κ3) is 5.27. The zero-order chi connectivity index (χ0) is 22.7. The molecule has 0 heterocycles. The second-order valence-corrected chi connectivity index (χ2v) is 9.67. The van der Waals surface area contributed by atoms with Gasteiger partial charge in [-0.2, -0.15) is 13.2 Å². The summed E-state index contributed by atoms with van der Waals surface area (Å²) in [5.74, 6) is 2.43. The molecule has 2 aliphatic carbocycles. The minimum atomic E-state index is -4.38. The van der Waals surface area contributed by atoms with Gasteiger partial charge in [-0.1, -0.05) is 42.8 Å². The van der Waals surface area contributed by atoms with Gasteiger partial charge >= 0.3 is 6.18 Å². The molecule has 0 aromatic heterocycles. The number of alkyl halides is 3. The van der Waals surface area contributed by atoms with Crippen molar-refractivity contribution >= 4 is 0 Å². The molecule has 32 heavy (non-hydrogen) atoms. The summed E-state index contributed by atoms with van der Waals surface area (Å²) in [6, 6.07) is 10.0. The Hall–Kier alpha value is -2.10. The first-order chi connectivity index (χ1) is 15.3. The zero-order valence-electron chi connectivity index (χ0n) is 18.7. The van der Waals surface area contributed by atoms with E-state index in [0.29, 0.717) is 17.0 Å². The smallest absolute Gasteiger partial charge is 0.206 e. The molecule has 0 radical (unpaired) electrons. The maximum absolute atomic E-state index is 14.9. The lowest BCUT2D eigenvalue weighted by Crippen LogP contribution is -2.30. The van der Waals surface area contributed by atoms with Crippen LogP contribution >= 0.6 is 0 Å². The molecular weight excluding hydrogens is 412 g/mol. The molecule has 2 saturated carbocycles. The lowest BCUT2D eigenvalue weighted by molar-refractivity contribution is -0.137. The van der Waals surface area contributed by atoms with Gasteiger partial charge in [0.05, 0.1) is 5.56 Å². The van der Waals surface area contributed by atoms with E-state index >= 15 is 0 Å². The van der Waals surface area contributed by atoms with Gasteiger partial charge in [-0.3, -0.25) is 0 Å². The number of fused-ring (bicyclic) bond motifs is 1. The molecule has 2 aromatic carbocycles. The summed E-state index contributed by atoms with van der Waals surface area (Å²) < 4.78 is 53.3. The molecule has 0 aliphatic heterocycles. The van der Waals surface area contributed by atoms with E-state index in [1.165, 1.54) is 50.7 Å². The summed E-state index contributed by atoms with van der Waals surface area (Å²) in [5, 5.41) is 0. The molecule has 4 unspecified atom stereocenters. The molecule has 2 aromatic rings. The number of halogens is 4. The fourth-order valence-corrected chi connectivity index (χ4v) is 5.91. The van der Waals surface area contributed by atoms with Crippen molar-refractivity contribution in [2.24, 2.45) is 17.8 Å². The molecular formula is C28H32F4. The van der Waals surface area contributed by atoms with Gasteiger partial charge in [-0.25, -0.2) is 4.39 Å². The van der Waals surface area contributed by atoms with Gasteiger partial charge in [0.2, 0.25) is 0 Å². The van der Waals surface area contributed by atoms with Crippen molar-refractivity contribution in [2.75, 3.05) is 0 Å². The normalized spacial score (nSPS) is 26.3. The highest BCUT2D eigenvalue weighted by molar-refractivity contribution is 5.65. The second kappa shape index (κ2) is 9.80. The molecule has 0 nitrogen and oxygen atoms in total. The van der Waals surface area contributed by atoms with Gasteiger partial charge < -0.3 is 0 Å². The molecule has 0 N–H and O–H groups in total. The van der Waals surface area contributed by atoms with Crippen molar-refractivity contribution in [2.45, 2.75) is 70.4 Å². The van der Waals surface area contributed by atoms with Crippen LogP contribution < -0.4 is 0 Å². The Morgan fingerprint density at radius 2 is 1.62 bits per heavy atom. The highest BCUT2D eigenvalue weighted by Gasteiger charge is 2.36. The monoisotopic (exact) mass is 444 g/mol. The van der Waals surface area contributed by atoms with Crippen LogP contribution in [0.1, 0.15) is 75.3 Å². The Labute approximate surface area is 188 Å². The Kier molecular flexibility index (Phi) is 7.07. The van der Waals surface area contributed by atoms with E-state index in [1.54, 1.807) is 12.1 Å². The van der Waals surface area contributed by atoms with E-state index in [-0.39, 0.29) is 5.82 Å². The van der Waals surface area contributed by atoms with Crippen molar-refractivity contribution in [1.82, 2.24) is 0 Å². The third-order valence-electron chi connectivity index (χ3n) is 7.69. The second-order valence-electron chi connectivity index (χ2n) is 9.67. The Bertz CT molecular complexity index is 925. The van der Waals surface area contributed by atoms with Gasteiger partial charge in [0.1, 0.15) is 5.82 Å². The molecule has 4 rings (SSSR count). The molecule has 0 amide bonds. The van der Waals surface area contributed by atoms with Crippen LogP contribution in [0.4, 0.5) is 17.6 Å². The highest BCUT2D eigenvalue weighted by Crippen LogP contribution is 2.48. The fourth-order valence-electron chi connectivity index (χ4n) is 5.91. The summed E-state index contributed by atoms with van der Waals surface area (Å²) in [7, 11) is 0. The summed E-state index contributed by atoms with van der Waals surface area (Å²) in [6.45, 7) is 2.08. The maximum Gasteiger partial charge on any atom is 0.416 e. The zero-order valence-corrected chi connectivity index (χ0v) is 18.7. The lowest BCUT2D eigenvalue weighted by atomic mass is 9.63. The van der Waals surface area contributed by atoms with Crippen LogP contribution in [0.25, 0.3) is 11.1 Å². The van der Waals surface area contributed by atoms with E-state index in [1.807, 2.05) is 6.07 Å². The van der Waals surface area contributed by atoms with Crippen LogP contribution in [-0.2, 0) is 6.18 Å². The fraction of sp³-hybridized carbons (Fsp3) is 0.500. The predicted octanol–water partition coefficient (Wildman–Crippen LogP) is 9.17. The molecule has 0 saturated heterocycles. The first-order valence-electron chi connectivity index (χ1n) is 11.9. The van der Waals surface area contributed by atoms with E-state index in [9.17, 15) is 17.6 Å². The molecule has 172 valence electrons. The van der Waals surface area contributed by atoms with E-state index in [2.05, 4.69) is 19.1 Å². The van der Waals surface area contributed by atoms with Crippen molar-refractivity contribution in [3.63, 3.8) is 0 Å². The van der Waals surface area contributed by atoms with Crippen LogP contribution in [0.3, 0.4) is 0 Å². The van der Waals surface area contributed by atoms with Crippen LogP contribution in [0.15, 0.2) is 54.6 Å². The standard InChI is InChI=1S/C28H32F4/c1-2-3-4-5-19-6-7-22-17-23(9-8-21(22)16-19)24-12-15-26(27(29)18-24)20-10-13-25(14-11-20)28(30,31)32/h2-3,10-15,18-19,21-23H,4-9,16-17H2,1H3/b3-2+. The summed E-state index contributed by atoms with van der Waals surface area (Å²) >= 11 is 0. The molecule has 0 spiro atoms. The number of benzene rings is 2. The van der Waals surface area contributed by atoms with E-state index in [4.69, 9.17) is 0 Å². The minimum absolute atomic E-state index is 0.350. The van der Waals surface area contributed by atoms with Crippen LogP contribution in [0.5, 0.6) is 0 Å². The Morgan fingerprint density at radius 3 is 2.31 bits per heavy atom. The van der Waals surface area contributed by atoms with Crippen molar-refractivity contribution in [1.29, 1.82) is 0 Å². The molecule has 2 fully saturated rings. The quantitative estimate of drug-likeness (QED) is 0.318. The van der Waals surface area contributed by atoms with Gasteiger partial charge in [0.25, 0.3) is 0 Å².